The Morgan fingerprint density at radius 2 is 2.00 bits per heavy atom. The number of hydrogen-bond donors (Lipinski definition) is 1. The zero-order valence-corrected chi connectivity index (χ0v) is 21.8. The van der Waals surface area contributed by atoms with E-state index in [4.69, 9.17) is 14.2 Å². The second-order valence-corrected chi connectivity index (χ2v) is 13.0. The fourth-order valence-corrected chi connectivity index (χ4v) is 9.59. The van der Waals surface area contributed by atoms with Crippen molar-refractivity contribution in [3.63, 3.8) is 0 Å². The van der Waals surface area contributed by atoms with Gasteiger partial charge in [0.2, 0.25) is 0 Å². The molecule has 6 rings (SSSR count). The third-order valence-corrected chi connectivity index (χ3v) is 11.5. The van der Waals surface area contributed by atoms with Crippen molar-refractivity contribution in [3.05, 3.63) is 11.6 Å². The summed E-state index contributed by atoms with van der Waals surface area (Å²) in [7, 11) is 0. The Morgan fingerprint density at radius 3 is 2.69 bits per heavy atom. The van der Waals surface area contributed by atoms with E-state index >= 15 is 0 Å². The zero-order valence-electron chi connectivity index (χ0n) is 21.8. The summed E-state index contributed by atoms with van der Waals surface area (Å²) in [5.74, 6) is 1.00. The number of ether oxygens (including phenoxy) is 3. The molecule has 1 spiro atoms. The van der Waals surface area contributed by atoms with Crippen LogP contribution in [0.3, 0.4) is 0 Å². The Kier molecular flexibility index (Phi) is 5.60. The van der Waals surface area contributed by atoms with Crippen molar-refractivity contribution in [2.24, 2.45) is 46.3 Å². The van der Waals surface area contributed by atoms with Crippen LogP contribution in [0.15, 0.2) is 11.6 Å². The van der Waals surface area contributed by atoms with Crippen LogP contribution in [0.2, 0.25) is 0 Å². The van der Waals surface area contributed by atoms with Crippen LogP contribution in [0, 0.1) is 46.3 Å². The molecule has 5 fully saturated rings. The van der Waals surface area contributed by atoms with Gasteiger partial charge in [-0.3, -0.25) is 9.59 Å². The topological polar surface area (TPSA) is 82.1 Å². The van der Waals surface area contributed by atoms with Gasteiger partial charge in [-0.1, -0.05) is 32.4 Å². The number of aliphatic hydroxyl groups is 1. The summed E-state index contributed by atoms with van der Waals surface area (Å²) in [6, 6.07) is 0. The van der Waals surface area contributed by atoms with E-state index in [9.17, 15) is 14.7 Å². The summed E-state index contributed by atoms with van der Waals surface area (Å²) in [6.45, 7) is 8.83. The molecule has 0 radical (unpaired) electrons. The number of carbonyl (C=O) groups is 2. The van der Waals surface area contributed by atoms with E-state index in [1.165, 1.54) is 12.5 Å². The summed E-state index contributed by atoms with van der Waals surface area (Å²) in [6.07, 6.45) is 9.43. The van der Waals surface area contributed by atoms with Crippen molar-refractivity contribution >= 4 is 11.8 Å². The van der Waals surface area contributed by atoms with Gasteiger partial charge in [-0.2, -0.15) is 0 Å². The van der Waals surface area contributed by atoms with E-state index in [1.54, 1.807) is 0 Å². The number of rotatable bonds is 2. The fraction of sp³-hybridized carbons (Fsp3) is 0.862. The van der Waals surface area contributed by atoms with Crippen LogP contribution in [0.5, 0.6) is 0 Å². The molecule has 0 amide bonds. The third kappa shape index (κ3) is 3.24. The van der Waals surface area contributed by atoms with E-state index in [0.29, 0.717) is 30.8 Å². The van der Waals surface area contributed by atoms with Gasteiger partial charge < -0.3 is 19.3 Å². The first-order valence-corrected chi connectivity index (χ1v) is 14.0. The number of esters is 1. The summed E-state index contributed by atoms with van der Waals surface area (Å²) in [5, 5.41) is 10.9. The molecule has 2 saturated heterocycles. The van der Waals surface area contributed by atoms with Gasteiger partial charge in [0, 0.05) is 31.6 Å². The number of hydrogen-bond acceptors (Lipinski definition) is 6. The number of ketones is 1. The molecule has 4 aliphatic carbocycles. The number of carbonyl (C=O) groups excluding carboxylic acids is 2. The quantitative estimate of drug-likeness (QED) is 0.459. The predicted molar refractivity (Wildman–Crippen MR) is 129 cm³/mol. The normalized spacial score (nSPS) is 52.8. The van der Waals surface area contributed by atoms with Gasteiger partial charge in [0.05, 0.1) is 24.7 Å². The Bertz CT molecular complexity index is 933. The van der Waals surface area contributed by atoms with Crippen LogP contribution in [0.25, 0.3) is 0 Å². The highest BCUT2D eigenvalue weighted by Gasteiger charge is 2.70. The molecule has 6 nitrogen and oxygen atoms in total. The second-order valence-electron chi connectivity index (χ2n) is 13.0. The lowest BCUT2D eigenvalue weighted by Crippen LogP contribution is -2.58. The molecule has 11 atom stereocenters. The summed E-state index contributed by atoms with van der Waals surface area (Å²) >= 11 is 0. The summed E-state index contributed by atoms with van der Waals surface area (Å²) < 4.78 is 18.6. The highest BCUT2D eigenvalue weighted by molar-refractivity contribution is 5.91. The lowest BCUT2D eigenvalue weighted by molar-refractivity contribution is -0.265. The van der Waals surface area contributed by atoms with Crippen molar-refractivity contribution in [1.82, 2.24) is 0 Å². The summed E-state index contributed by atoms with van der Waals surface area (Å²) in [4.78, 5) is 25.7. The largest absolute Gasteiger partial charge is 0.463 e. The predicted octanol–water partition coefficient (Wildman–Crippen LogP) is 4.44. The molecule has 6 heteroatoms. The average Bonchev–Trinajstić information content (AvgIpc) is 3.28. The second kappa shape index (κ2) is 8.13. The smallest absolute Gasteiger partial charge is 0.302 e. The molecule has 0 aromatic rings. The van der Waals surface area contributed by atoms with Gasteiger partial charge in [0.15, 0.2) is 5.79 Å². The molecule has 2 aliphatic heterocycles. The standard InChI is InChI=1S/C29H42O6/c1-16-7-10-29(33-14-16)17(2)26-24(35-29)12-23-21-6-5-19-11-20(34-18(3)31)8-9-27(19,4)22(21)13-25(32)28(23,26)15-30/h12,16-17,19-22,24,26,30H,5-11,13-15H2,1-4H3/t16-,17+,19+,20+,21-,22+,24+,26+,27+,28-,29-/m1/s1. The highest BCUT2D eigenvalue weighted by atomic mass is 16.7. The Morgan fingerprint density at radius 1 is 1.20 bits per heavy atom. The molecule has 194 valence electrons. The highest BCUT2D eigenvalue weighted by Crippen LogP contribution is 2.68. The van der Waals surface area contributed by atoms with Gasteiger partial charge >= 0.3 is 5.97 Å². The van der Waals surface area contributed by atoms with Crippen LogP contribution in [0.4, 0.5) is 0 Å². The van der Waals surface area contributed by atoms with Crippen molar-refractivity contribution < 1.29 is 28.9 Å². The van der Waals surface area contributed by atoms with E-state index in [2.05, 4.69) is 26.8 Å². The van der Waals surface area contributed by atoms with E-state index in [1.807, 2.05) is 0 Å². The van der Waals surface area contributed by atoms with E-state index < -0.39 is 11.2 Å². The first-order valence-electron chi connectivity index (χ1n) is 14.0. The lowest BCUT2D eigenvalue weighted by atomic mass is 9.45. The molecule has 2 heterocycles. The van der Waals surface area contributed by atoms with E-state index in [-0.39, 0.29) is 53.7 Å². The molecule has 35 heavy (non-hydrogen) atoms. The molecule has 3 saturated carbocycles. The maximum absolute atomic E-state index is 14.2. The number of fused-ring (bicyclic) bond motifs is 7. The monoisotopic (exact) mass is 486 g/mol. The SMILES string of the molecule is CC(=O)O[C@H]1CC[C@@]2(C)[C@@H](CC[C@H]3C4=C[C@@H]5O[C@]6(CC[C@@H](C)CO6)[C@@H](C)[C@@H]5[C@@]4(CO)C(=O)C[C@@H]32)C1. The minimum absolute atomic E-state index is 0.00616. The van der Waals surface area contributed by atoms with Crippen molar-refractivity contribution in [2.45, 2.75) is 97.1 Å². The molecule has 0 bridgehead atoms. The van der Waals surface area contributed by atoms with Gasteiger partial charge in [-0.15, -0.1) is 0 Å². The minimum atomic E-state index is -0.820. The first-order chi connectivity index (χ1) is 16.6. The molecular weight excluding hydrogens is 444 g/mol. The molecule has 6 aliphatic rings. The number of aliphatic hydroxyl groups excluding tert-OH is 1. The Labute approximate surface area is 209 Å². The first kappa shape index (κ1) is 24.1. The van der Waals surface area contributed by atoms with Crippen LogP contribution in [-0.2, 0) is 23.8 Å². The molecule has 1 N–H and O–H groups in total. The van der Waals surface area contributed by atoms with Crippen molar-refractivity contribution in [3.8, 4) is 0 Å². The van der Waals surface area contributed by atoms with Crippen LogP contribution < -0.4 is 0 Å². The van der Waals surface area contributed by atoms with Gasteiger partial charge in [-0.05, 0) is 67.6 Å². The molecular formula is C29H42O6. The van der Waals surface area contributed by atoms with Gasteiger partial charge in [-0.25, -0.2) is 0 Å². The van der Waals surface area contributed by atoms with Crippen molar-refractivity contribution in [1.29, 1.82) is 0 Å². The third-order valence-electron chi connectivity index (χ3n) is 11.5. The molecule has 0 aromatic carbocycles. The number of Topliss-reactive ketones (excluding diaryl/α,β-unsaturated/α-hetero) is 1. The van der Waals surface area contributed by atoms with Crippen molar-refractivity contribution in [2.75, 3.05) is 13.2 Å². The maximum atomic E-state index is 14.2. The fourth-order valence-electron chi connectivity index (χ4n) is 9.59. The maximum Gasteiger partial charge on any atom is 0.302 e. The molecule has 0 unspecified atom stereocenters. The Hall–Kier alpha value is -1.24. The van der Waals surface area contributed by atoms with Crippen LogP contribution >= 0.6 is 0 Å². The van der Waals surface area contributed by atoms with Crippen LogP contribution in [0.1, 0.15) is 79.1 Å². The lowest BCUT2D eigenvalue weighted by Gasteiger charge is -2.59. The average molecular weight is 487 g/mol. The Balaban J connectivity index is 1.31. The zero-order chi connectivity index (χ0) is 24.8. The minimum Gasteiger partial charge on any atom is -0.463 e. The summed E-state index contributed by atoms with van der Waals surface area (Å²) in [5.41, 5.74) is 0.411. The van der Waals surface area contributed by atoms with Crippen LogP contribution in [-0.4, -0.2) is 48.1 Å². The van der Waals surface area contributed by atoms with E-state index in [0.717, 1.165) is 44.9 Å². The molecule has 0 aromatic heterocycles. The van der Waals surface area contributed by atoms with Gasteiger partial charge in [0.25, 0.3) is 0 Å². The van der Waals surface area contributed by atoms with Gasteiger partial charge in [0.1, 0.15) is 11.9 Å².